The Hall–Kier alpha value is -2.82. The topological polar surface area (TPSA) is 60.9 Å². The van der Waals surface area contributed by atoms with Gasteiger partial charge in [0.1, 0.15) is 5.75 Å². The van der Waals surface area contributed by atoms with Crippen LogP contribution in [0.1, 0.15) is 74.4 Å². The van der Waals surface area contributed by atoms with Crippen molar-refractivity contribution in [3.8, 4) is 5.75 Å². The Bertz CT molecular complexity index is 1120. The molecule has 3 aliphatic rings. The monoisotopic (exact) mass is 474 g/mol. The molecule has 5 rings (SSSR count). The predicted octanol–water partition coefficient (Wildman–Crippen LogP) is 5.16. The van der Waals surface area contributed by atoms with Crippen molar-refractivity contribution in [3.05, 3.63) is 65.2 Å². The number of likely N-dealkylation sites (tertiary alicyclic amines) is 1. The van der Waals surface area contributed by atoms with Crippen molar-refractivity contribution in [2.75, 3.05) is 13.6 Å². The lowest BCUT2D eigenvalue weighted by Gasteiger charge is -2.61. The Morgan fingerprint density at radius 2 is 1.66 bits per heavy atom. The van der Waals surface area contributed by atoms with Crippen molar-refractivity contribution >= 4 is 11.8 Å². The number of benzene rings is 2. The summed E-state index contributed by atoms with van der Waals surface area (Å²) in [5, 5.41) is 10.6. The van der Waals surface area contributed by atoms with E-state index in [2.05, 4.69) is 31.7 Å². The molecule has 2 atom stereocenters. The van der Waals surface area contributed by atoms with Crippen LogP contribution in [-0.4, -0.2) is 52.4 Å². The maximum absolute atomic E-state index is 13.9. The molecule has 1 N–H and O–H groups in total. The van der Waals surface area contributed by atoms with E-state index in [1.165, 1.54) is 5.56 Å². The van der Waals surface area contributed by atoms with Crippen LogP contribution in [0.3, 0.4) is 0 Å². The number of phenols is 1. The molecular weight excluding hydrogens is 436 g/mol. The minimum atomic E-state index is -0.0821. The molecule has 186 valence electrons. The molecule has 0 aromatic heterocycles. The van der Waals surface area contributed by atoms with Gasteiger partial charge in [-0.15, -0.1) is 0 Å². The van der Waals surface area contributed by atoms with Crippen molar-refractivity contribution in [2.24, 2.45) is 11.3 Å². The molecule has 0 radical (unpaired) electrons. The van der Waals surface area contributed by atoms with Gasteiger partial charge >= 0.3 is 0 Å². The van der Waals surface area contributed by atoms with Gasteiger partial charge in [-0.25, -0.2) is 0 Å². The van der Waals surface area contributed by atoms with E-state index >= 15 is 0 Å². The van der Waals surface area contributed by atoms with Gasteiger partial charge in [0.05, 0.1) is 0 Å². The fourth-order valence-corrected chi connectivity index (χ4v) is 7.08. The second-order valence-corrected chi connectivity index (χ2v) is 11.6. The van der Waals surface area contributed by atoms with Crippen molar-refractivity contribution in [1.82, 2.24) is 9.80 Å². The Labute approximate surface area is 209 Å². The van der Waals surface area contributed by atoms with E-state index in [4.69, 9.17) is 0 Å². The molecule has 1 aliphatic heterocycles. The number of rotatable bonds is 3. The summed E-state index contributed by atoms with van der Waals surface area (Å²) < 4.78 is 0. The highest BCUT2D eigenvalue weighted by Crippen LogP contribution is 2.57. The first-order chi connectivity index (χ1) is 16.6. The molecule has 1 heterocycles. The zero-order chi connectivity index (χ0) is 25.0. The van der Waals surface area contributed by atoms with Crippen molar-refractivity contribution < 1.29 is 14.7 Å². The Balaban J connectivity index is 1.29. The van der Waals surface area contributed by atoms with E-state index in [1.54, 1.807) is 6.07 Å². The number of piperidine rings is 1. The summed E-state index contributed by atoms with van der Waals surface area (Å²) in [7, 11) is 1.89. The Kier molecular flexibility index (Phi) is 5.93. The van der Waals surface area contributed by atoms with E-state index in [1.807, 2.05) is 48.3 Å². The SMILES string of the molecule is CN(C(=O)c1ccccc1)[C@H]1CC[C@@H](C(=O)N2CC[C@@]3(C)c4cccc(O)c4C[C@@H]2C3(C)C)CC1. The molecule has 0 spiro atoms. The Morgan fingerprint density at radius 3 is 2.34 bits per heavy atom. The lowest BCUT2D eigenvalue weighted by Crippen LogP contribution is -2.65. The van der Waals surface area contributed by atoms with Crippen LogP contribution in [0.25, 0.3) is 0 Å². The molecule has 2 fully saturated rings. The number of nitrogens with zero attached hydrogens (tertiary/aromatic N) is 2. The summed E-state index contributed by atoms with van der Waals surface area (Å²) >= 11 is 0. The molecule has 2 aromatic carbocycles. The first-order valence-electron chi connectivity index (χ1n) is 13.1. The third kappa shape index (κ3) is 3.75. The molecular formula is C30H38N2O3. The maximum atomic E-state index is 13.9. The number of phenolic OH excluding ortho intramolecular Hbond substituents is 1. The van der Waals surface area contributed by atoms with Crippen LogP contribution < -0.4 is 0 Å². The third-order valence-electron chi connectivity index (χ3n) is 9.85. The highest BCUT2D eigenvalue weighted by atomic mass is 16.3. The first-order valence-corrected chi connectivity index (χ1v) is 13.1. The lowest BCUT2D eigenvalue weighted by atomic mass is 9.51. The van der Waals surface area contributed by atoms with Gasteiger partial charge in [0.15, 0.2) is 0 Å². The summed E-state index contributed by atoms with van der Waals surface area (Å²) in [6, 6.07) is 15.6. The maximum Gasteiger partial charge on any atom is 0.253 e. The molecule has 5 nitrogen and oxygen atoms in total. The standard InChI is InChI=1S/C30H38N2O3/c1-29(2)26-19-23-24(11-8-12-25(23)33)30(29,3)17-18-32(26)28(35)21-13-15-22(16-14-21)31(4)27(34)20-9-6-5-7-10-20/h5-12,21-22,26,33H,13-19H2,1-4H3/t21-,22+,26-,30+/m1/s1. The van der Waals surface area contributed by atoms with Crippen LogP contribution in [0.15, 0.2) is 48.5 Å². The van der Waals surface area contributed by atoms with Crippen LogP contribution in [0.2, 0.25) is 0 Å². The number of fused-ring (bicyclic) bond motifs is 4. The summed E-state index contributed by atoms with van der Waals surface area (Å²) in [5.74, 6) is 0.685. The van der Waals surface area contributed by atoms with Gasteiger partial charge in [0.2, 0.25) is 5.91 Å². The zero-order valence-corrected chi connectivity index (χ0v) is 21.5. The van der Waals surface area contributed by atoms with Gasteiger partial charge in [-0.3, -0.25) is 9.59 Å². The van der Waals surface area contributed by atoms with Crippen molar-refractivity contribution in [1.29, 1.82) is 0 Å². The van der Waals surface area contributed by atoms with E-state index in [9.17, 15) is 14.7 Å². The number of amides is 2. The minimum absolute atomic E-state index is 0.0115. The largest absolute Gasteiger partial charge is 0.508 e. The molecule has 1 saturated carbocycles. The molecule has 2 aromatic rings. The second kappa shape index (κ2) is 8.69. The van der Waals surface area contributed by atoms with Crippen molar-refractivity contribution in [2.45, 2.75) is 76.8 Å². The minimum Gasteiger partial charge on any atom is -0.508 e. The lowest BCUT2D eigenvalue weighted by molar-refractivity contribution is -0.149. The van der Waals surface area contributed by atoms with Gasteiger partial charge in [-0.2, -0.15) is 0 Å². The first kappa shape index (κ1) is 23.9. The van der Waals surface area contributed by atoms with Gasteiger partial charge in [-0.1, -0.05) is 51.1 Å². The molecule has 0 unspecified atom stereocenters. The summed E-state index contributed by atoms with van der Waals surface area (Å²) in [4.78, 5) is 30.8. The van der Waals surface area contributed by atoms with Crippen LogP contribution in [0, 0.1) is 11.3 Å². The summed E-state index contributed by atoms with van der Waals surface area (Å²) in [6.45, 7) is 7.67. The number of carbonyl (C=O) groups excluding carboxylic acids is 2. The molecule has 2 bridgehead atoms. The van der Waals surface area contributed by atoms with Gasteiger partial charge < -0.3 is 14.9 Å². The van der Waals surface area contributed by atoms with Crippen molar-refractivity contribution in [3.63, 3.8) is 0 Å². The van der Waals surface area contributed by atoms with Crippen LogP contribution >= 0.6 is 0 Å². The van der Waals surface area contributed by atoms with E-state index in [0.717, 1.165) is 44.2 Å². The molecule has 2 amide bonds. The van der Waals surface area contributed by atoms with Gasteiger partial charge in [0.25, 0.3) is 5.91 Å². The summed E-state index contributed by atoms with van der Waals surface area (Å²) in [5.41, 5.74) is 2.83. The number of hydrogen-bond acceptors (Lipinski definition) is 3. The zero-order valence-electron chi connectivity index (χ0n) is 21.5. The predicted molar refractivity (Wildman–Crippen MR) is 137 cm³/mol. The average molecular weight is 475 g/mol. The fourth-order valence-electron chi connectivity index (χ4n) is 7.08. The third-order valence-corrected chi connectivity index (χ3v) is 9.85. The average Bonchev–Trinajstić information content (AvgIpc) is 2.86. The smallest absolute Gasteiger partial charge is 0.253 e. The molecule has 5 heteroatoms. The van der Waals surface area contributed by atoms with E-state index in [0.29, 0.717) is 17.7 Å². The van der Waals surface area contributed by atoms with Gasteiger partial charge in [-0.05, 0) is 73.3 Å². The van der Waals surface area contributed by atoms with Gasteiger partial charge in [0, 0.05) is 42.6 Å². The summed E-state index contributed by atoms with van der Waals surface area (Å²) in [6.07, 6.45) is 4.96. The Morgan fingerprint density at radius 1 is 0.971 bits per heavy atom. The van der Waals surface area contributed by atoms with E-state index in [-0.39, 0.29) is 40.6 Å². The number of aromatic hydroxyl groups is 1. The van der Waals surface area contributed by atoms with Crippen LogP contribution in [0.5, 0.6) is 5.75 Å². The highest BCUT2D eigenvalue weighted by molar-refractivity contribution is 5.94. The fraction of sp³-hybridized carbons (Fsp3) is 0.533. The second-order valence-electron chi connectivity index (χ2n) is 11.6. The number of carbonyl (C=O) groups is 2. The van der Waals surface area contributed by atoms with E-state index < -0.39 is 0 Å². The normalized spacial score (nSPS) is 29.3. The highest BCUT2D eigenvalue weighted by Gasteiger charge is 2.57. The van der Waals surface area contributed by atoms with Crippen LogP contribution in [-0.2, 0) is 16.6 Å². The number of hydrogen-bond donors (Lipinski definition) is 1. The molecule has 35 heavy (non-hydrogen) atoms. The molecule has 1 saturated heterocycles. The van der Waals surface area contributed by atoms with Crippen LogP contribution in [0.4, 0.5) is 0 Å². The quantitative estimate of drug-likeness (QED) is 0.668. The molecule has 2 aliphatic carbocycles.